The first-order valence-electron chi connectivity index (χ1n) is 11.4. The standard InChI is InChI=1S/C24H39F4NOSi/c1-15(2)23(29-12-21(25)13-29)22-10-9-20(24(26,27)28)11-19(22)14-30-31(16(3)4,17(5)6)18(7)8/h9-11,15-18,21,23H,12-14H2,1-8H3. The van der Waals surface area contributed by atoms with Crippen molar-refractivity contribution in [2.24, 2.45) is 5.92 Å². The molecule has 0 saturated carbocycles. The van der Waals surface area contributed by atoms with Gasteiger partial charge in [0.15, 0.2) is 0 Å². The van der Waals surface area contributed by atoms with Crippen LogP contribution < -0.4 is 0 Å². The fourth-order valence-electron chi connectivity index (χ4n) is 5.56. The Balaban J connectivity index is 2.49. The molecule has 7 heteroatoms. The topological polar surface area (TPSA) is 12.5 Å². The first kappa shape index (κ1) is 26.3. The lowest BCUT2D eigenvalue weighted by atomic mass is 9.88. The first-order chi connectivity index (χ1) is 14.2. The Kier molecular flexibility index (Phi) is 8.42. The van der Waals surface area contributed by atoms with E-state index in [0.29, 0.717) is 35.3 Å². The van der Waals surface area contributed by atoms with Crippen molar-refractivity contribution < 1.29 is 22.0 Å². The highest BCUT2D eigenvalue weighted by Gasteiger charge is 2.45. The van der Waals surface area contributed by atoms with Crippen LogP contribution >= 0.6 is 0 Å². The Hall–Kier alpha value is -0.923. The summed E-state index contributed by atoms with van der Waals surface area (Å²) in [6, 6.07) is 3.86. The number of likely N-dealkylation sites (tertiary alicyclic amines) is 1. The highest BCUT2D eigenvalue weighted by molar-refractivity contribution is 6.77. The second-order valence-electron chi connectivity index (χ2n) is 10.3. The van der Waals surface area contributed by atoms with Crippen LogP contribution in [0.2, 0.25) is 16.6 Å². The largest absolute Gasteiger partial charge is 0.416 e. The van der Waals surface area contributed by atoms with Crippen molar-refractivity contribution in [2.75, 3.05) is 13.1 Å². The van der Waals surface area contributed by atoms with E-state index in [1.54, 1.807) is 6.07 Å². The SMILES string of the molecule is CC(C)C(c1ccc(C(F)(F)F)cc1CO[Si](C(C)C)(C(C)C)C(C)C)N1CC(F)C1. The molecule has 0 aromatic heterocycles. The van der Waals surface area contributed by atoms with Crippen LogP contribution in [0.3, 0.4) is 0 Å². The molecule has 0 amide bonds. The van der Waals surface area contributed by atoms with Gasteiger partial charge in [-0.15, -0.1) is 0 Å². The van der Waals surface area contributed by atoms with E-state index in [9.17, 15) is 17.6 Å². The Labute approximate surface area is 186 Å². The van der Waals surface area contributed by atoms with Crippen LogP contribution in [0, 0.1) is 5.92 Å². The zero-order valence-corrected chi connectivity index (χ0v) is 21.2. The van der Waals surface area contributed by atoms with Crippen LogP contribution in [0.15, 0.2) is 18.2 Å². The molecule has 0 radical (unpaired) electrons. The lowest BCUT2D eigenvalue weighted by Crippen LogP contribution is -2.51. The van der Waals surface area contributed by atoms with Crippen molar-refractivity contribution in [3.05, 3.63) is 34.9 Å². The van der Waals surface area contributed by atoms with E-state index >= 15 is 0 Å². The molecule has 178 valence electrons. The van der Waals surface area contributed by atoms with Gasteiger partial charge in [0.25, 0.3) is 0 Å². The minimum absolute atomic E-state index is 0.124. The number of benzene rings is 1. The van der Waals surface area contributed by atoms with Crippen molar-refractivity contribution in [3.63, 3.8) is 0 Å². The van der Waals surface area contributed by atoms with Gasteiger partial charge in [0.05, 0.1) is 12.2 Å². The van der Waals surface area contributed by atoms with Gasteiger partial charge in [0, 0.05) is 19.1 Å². The summed E-state index contributed by atoms with van der Waals surface area (Å²) in [4.78, 5) is 2.03. The van der Waals surface area contributed by atoms with Crippen LogP contribution in [-0.2, 0) is 17.2 Å². The van der Waals surface area contributed by atoms with Crippen molar-refractivity contribution in [2.45, 2.75) is 97.0 Å². The van der Waals surface area contributed by atoms with Gasteiger partial charge in [-0.2, -0.15) is 13.2 Å². The zero-order chi connectivity index (χ0) is 23.7. The predicted molar refractivity (Wildman–Crippen MR) is 121 cm³/mol. The summed E-state index contributed by atoms with van der Waals surface area (Å²) in [5.41, 5.74) is 1.76. The van der Waals surface area contributed by atoms with Gasteiger partial charge in [-0.25, -0.2) is 4.39 Å². The molecule has 1 unspecified atom stereocenters. The summed E-state index contributed by atoms with van der Waals surface area (Å²) in [5.74, 6) is 0.144. The highest BCUT2D eigenvalue weighted by atomic mass is 28.4. The smallest absolute Gasteiger partial charge is 0.412 e. The number of alkyl halides is 4. The van der Waals surface area contributed by atoms with Crippen molar-refractivity contribution in [1.29, 1.82) is 0 Å². The van der Waals surface area contributed by atoms with Crippen LogP contribution in [0.1, 0.15) is 78.1 Å². The monoisotopic (exact) mass is 461 g/mol. The van der Waals surface area contributed by atoms with Gasteiger partial charge in [0.1, 0.15) is 6.17 Å². The van der Waals surface area contributed by atoms with Gasteiger partial charge in [0.2, 0.25) is 8.32 Å². The molecular weight excluding hydrogens is 422 g/mol. The van der Waals surface area contributed by atoms with E-state index in [1.807, 2.05) is 18.7 Å². The number of nitrogens with zero attached hydrogens (tertiary/aromatic N) is 1. The highest BCUT2D eigenvalue weighted by Crippen LogP contribution is 2.44. The third-order valence-corrected chi connectivity index (χ3v) is 12.9. The number of hydrogen-bond donors (Lipinski definition) is 0. The fraction of sp³-hybridized carbons (Fsp3) is 0.750. The van der Waals surface area contributed by atoms with Crippen LogP contribution in [0.25, 0.3) is 0 Å². The molecule has 0 N–H and O–H groups in total. The molecule has 2 nitrogen and oxygen atoms in total. The maximum absolute atomic E-state index is 13.6. The van der Waals surface area contributed by atoms with E-state index in [1.165, 1.54) is 6.07 Å². The minimum Gasteiger partial charge on any atom is -0.412 e. The molecule has 1 saturated heterocycles. The molecular formula is C24H39F4NOSi. The number of hydrogen-bond acceptors (Lipinski definition) is 2. The van der Waals surface area contributed by atoms with Gasteiger partial charge >= 0.3 is 6.18 Å². The second kappa shape index (κ2) is 9.92. The molecule has 1 heterocycles. The Morgan fingerprint density at radius 2 is 1.48 bits per heavy atom. The predicted octanol–water partition coefficient (Wildman–Crippen LogP) is 7.75. The lowest BCUT2D eigenvalue weighted by Gasteiger charge is -2.44. The maximum Gasteiger partial charge on any atom is 0.416 e. The molecule has 0 spiro atoms. The quantitative estimate of drug-likeness (QED) is 0.275. The van der Waals surface area contributed by atoms with E-state index in [0.717, 1.165) is 11.6 Å². The normalized spacial score (nSPS) is 17.8. The molecule has 0 bridgehead atoms. The summed E-state index contributed by atoms with van der Waals surface area (Å²) in [7, 11) is -2.25. The Morgan fingerprint density at radius 1 is 0.968 bits per heavy atom. The fourth-order valence-corrected chi connectivity index (χ4v) is 11.0. The van der Waals surface area contributed by atoms with Crippen molar-refractivity contribution >= 4 is 8.32 Å². The average molecular weight is 462 g/mol. The van der Waals surface area contributed by atoms with E-state index in [4.69, 9.17) is 4.43 Å². The maximum atomic E-state index is 13.6. The summed E-state index contributed by atoms with van der Waals surface area (Å²) in [5, 5.41) is 0. The molecule has 1 aromatic rings. The van der Waals surface area contributed by atoms with Crippen LogP contribution in [0.4, 0.5) is 17.6 Å². The summed E-state index contributed by atoms with van der Waals surface area (Å²) in [6.07, 6.45) is -5.28. The first-order valence-corrected chi connectivity index (χ1v) is 13.6. The summed E-state index contributed by atoms with van der Waals surface area (Å²) in [6.45, 7) is 17.9. The van der Waals surface area contributed by atoms with Gasteiger partial charge < -0.3 is 4.43 Å². The molecule has 1 aliphatic heterocycles. The van der Waals surface area contributed by atoms with Crippen molar-refractivity contribution in [1.82, 2.24) is 4.90 Å². The third-order valence-electron chi connectivity index (χ3n) is 6.86. The zero-order valence-electron chi connectivity index (χ0n) is 20.2. The molecule has 1 aliphatic rings. The van der Waals surface area contributed by atoms with Gasteiger partial charge in [-0.1, -0.05) is 61.5 Å². The minimum atomic E-state index is -4.41. The molecule has 1 aromatic carbocycles. The second-order valence-corrected chi connectivity index (χ2v) is 15.7. The number of halogens is 4. The van der Waals surface area contributed by atoms with E-state index < -0.39 is 26.2 Å². The summed E-state index contributed by atoms with van der Waals surface area (Å²) >= 11 is 0. The molecule has 31 heavy (non-hydrogen) atoms. The number of rotatable bonds is 9. The summed E-state index contributed by atoms with van der Waals surface area (Å²) < 4.78 is 60.8. The molecule has 1 fully saturated rings. The molecule has 0 aliphatic carbocycles. The van der Waals surface area contributed by atoms with Gasteiger partial charge in [-0.05, 0) is 45.8 Å². The van der Waals surface area contributed by atoms with E-state index in [-0.39, 0.29) is 18.6 Å². The van der Waals surface area contributed by atoms with Crippen molar-refractivity contribution in [3.8, 4) is 0 Å². The molecule has 1 atom stereocenters. The Bertz CT molecular complexity index is 705. The van der Waals surface area contributed by atoms with Crippen LogP contribution in [0.5, 0.6) is 0 Å². The average Bonchev–Trinajstić information content (AvgIpc) is 2.59. The van der Waals surface area contributed by atoms with E-state index in [2.05, 4.69) is 41.5 Å². The van der Waals surface area contributed by atoms with Gasteiger partial charge in [-0.3, -0.25) is 4.90 Å². The van der Waals surface area contributed by atoms with Crippen LogP contribution in [-0.4, -0.2) is 32.5 Å². The lowest BCUT2D eigenvalue weighted by molar-refractivity contribution is -0.137. The third kappa shape index (κ3) is 5.53. The molecule has 2 rings (SSSR count). The Morgan fingerprint density at radius 3 is 1.87 bits per heavy atom.